The molecule has 1 aromatic carbocycles. The summed E-state index contributed by atoms with van der Waals surface area (Å²) in [5.41, 5.74) is 0.136. The molecule has 0 atom stereocenters. The van der Waals surface area contributed by atoms with Crippen molar-refractivity contribution >= 4 is 44.5 Å². The van der Waals surface area contributed by atoms with Crippen molar-refractivity contribution in [3.8, 4) is 10.6 Å². The van der Waals surface area contributed by atoms with Crippen LogP contribution in [0.3, 0.4) is 0 Å². The maximum Gasteiger partial charge on any atom is 0.433 e. The summed E-state index contributed by atoms with van der Waals surface area (Å²) < 4.78 is 67.3. The van der Waals surface area contributed by atoms with Crippen LogP contribution in [0.2, 0.25) is 5.02 Å². The fraction of sp³-hybridized carbons (Fsp3) is 0.217. The summed E-state index contributed by atoms with van der Waals surface area (Å²) in [6.07, 6.45) is -5.40. The Morgan fingerprint density at radius 2 is 1.86 bits per heavy atom. The van der Waals surface area contributed by atoms with Gasteiger partial charge < -0.3 is 5.32 Å². The number of amides is 1. The van der Waals surface area contributed by atoms with E-state index in [1.54, 1.807) is 41.3 Å². The molecule has 37 heavy (non-hydrogen) atoms. The SMILES string of the molecule is Cc1cc(NC(=O)CCS(=O)(=O)c2nc(-c3cccs3)cc(C(F)(F)F)n2)nn1Cc1ccc(Cl)cc1. The van der Waals surface area contributed by atoms with E-state index in [1.807, 2.05) is 12.1 Å². The van der Waals surface area contributed by atoms with Crippen molar-refractivity contribution in [2.75, 3.05) is 11.1 Å². The third kappa shape index (κ3) is 6.73. The topological polar surface area (TPSA) is 107 Å². The summed E-state index contributed by atoms with van der Waals surface area (Å²) in [5, 5.41) is 8.06. The number of hydrogen-bond donors (Lipinski definition) is 1. The molecule has 0 bridgehead atoms. The first-order valence-corrected chi connectivity index (χ1v) is 13.6. The maximum atomic E-state index is 13.4. The van der Waals surface area contributed by atoms with Crippen molar-refractivity contribution in [3.63, 3.8) is 0 Å². The number of carbonyl (C=O) groups excluding carboxylic acids is 1. The number of halogens is 4. The monoisotopic (exact) mass is 569 g/mol. The second kappa shape index (κ2) is 10.6. The lowest BCUT2D eigenvalue weighted by Crippen LogP contribution is -2.20. The molecule has 194 valence electrons. The average Bonchev–Trinajstić information content (AvgIpc) is 3.49. The average molecular weight is 570 g/mol. The number of nitrogens with one attached hydrogen (secondary N) is 1. The number of aromatic nitrogens is 4. The molecule has 14 heteroatoms. The molecule has 0 saturated carbocycles. The molecule has 1 N–H and O–H groups in total. The smallest absolute Gasteiger partial charge is 0.309 e. The van der Waals surface area contributed by atoms with Gasteiger partial charge in [-0.25, -0.2) is 18.4 Å². The Labute approximate surface area is 219 Å². The van der Waals surface area contributed by atoms with Gasteiger partial charge >= 0.3 is 6.18 Å². The lowest BCUT2D eigenvalue weighted by atomic mass is 10.2. The number of anilines is 1. The predicted molar refractivity (Wildman–Crippen MR) is 133 cm³/mol. The van der Waals surface area contributed by atoms with Gasteiger partial charge in [-0.3, -0.25) is 9.48 Å². The summed E-state index contributed by atoms with van der Waals surface area (Å²) in [6, 6.07) is 12.6. The number of benzene rings is 1. The highest BCUT2D eigenvalue weighted by Crippen LogP contribution is 2.32. The minimum absolute atomic E-state index is 0.165. The quantitative estimate of drug-likeness (QED) is 0.291. The number of thiophene rings is 1. The van der Waals surface area contributed by atoms with E-state index < -0.39 is 44.9 Å². The fourth-order valence-corrected chi connectivity index (χ4v) is 5.20. The summed E-state index contributed by atoms with van der Waals surface area (Å²) in [7, 11) is -4.41. The molecular weight excluding hydrogens is 551 g/mol. The molecule has 0 radical (unpaired) electrons. The van der Waals surface area contributed by atoms with Crippen LogP contribution in [-0.2, 0) is 27.4 Å². The van der Waals surface area contributed by atoms with Crippen LogP contribution >= 0.6 is 22.9 Å². The summed E-state index contributed by atoms with van der Waals surface area (Å²) in [5.74, 6) is -1.25. The molecule has 3 aromatic heterocycles. The first-order chi connectivity index (χ1) is 17.4. The Morgan fingerprint density at radius 1 is 1.14 bits per heavy atom. The van der Waals surface area contributed by atoms with Gasteiger partial charge in [0.05, 0.1) is 22.9 Å². The zero-order valence-corrected chi connectivity index (χ0v) is 21.5. The highest BCUT2D eigenvalue weighted by Gasteiger charge is 2.35. The lowest BCUT2D eigenvalue weighted by Gasteiger charge is -2.10. The van der Waals surface area contributed by atoms with Gasteiger partial charge in [-0.2, -0.15) is 18.3 Å². The Kier molecular flexibility index (Phi) is 7.67. The molecule has 0 aliphatic heterocycles. The predicted octanol–water partition coefficient (Wildman–Crippen LogP) is 5.23. The molecular formula is C23H19ClF3N5O3S2. The van der Waals surface area contributed by atoms with Crippen molar-refractivity contribution < 1.29 is 26.4 Å². The van der Waals surface area contributed by atoms with Crippen molar-refractivity contribution in [1.82, 2.24) is 19.7 Å². The van der Waals surface area contributed by atoms with Crippen LogP contribution in [0.5, 0.6) is 0 Å². The highest BCUT2D eigenvalue weighted by molar-refractivity contribution is 7.91. The van der Waals surface area contributed by atoms with Crippen LogP contribution in [0.1, 0.15) is 23.4 Å². The number of alkyl halides is 3. The molecule has 0 aliphatic carbocycles. The molecule has 0 saturated heterocycles. The number of nitrogens with zero attached hydrogens (tertiary/aromatic N) is 4. The van der Waals surface area contributed by atoms with Crippen molar-refractivity contribution in [2.45, 2.75) is 31.2 Å². The molecule has 3 heterocycles. The van der Waals surface area contributed by atoms with E-state index in [0.717, 1.165) is 22.6 Å². The highest BCUT2D eigenvalue weighted by atomic mass is 35.5. The Morgan fingerprint density at radius 3 is 2.51 bits per heavy atom. The second-order valence-electron chi connectivity index (χ2n) is 7.97. The maximum absolute atomic E-state index is 13.4. The molecule has 1 amide bonds. The molecule has 0 fully saturated rings. The van der Waals surface area contributed by atoms with E-state index in [9.17, 15) is 26.4 Å². The summed E-state index contributed by atoms with van der Waals surface area (Å²) >= 11 is 7.00. The largest absolute Gasteiger partial charge is 0.433 e. The zero-order valence-electron chi connectivity index (χ0n) is 19.2. The first-order valence-electron chi connectivity index (χ1n) is 10.7. The van der Waals surface area contributed by atoms with Crippen LogP contribution in [0.25, 0.3) is 10.6 Å². The molecule has 4 aromatic rings. The first kappa shape index (κ1) is 26.8. The number of sulfone groups is 1. The lowest BCUT2D eigenvalue weighted by molar-refractivity contribution is -0.141. The van der Waals surface area contributed by atoms with E-state index in [4.69, 9.17) is 11.6 Å². The molecule has 0 spiro atoms. The molecule has 0 unspecified atom stereocenters. The van der Waals surface area contributed by atoms with Gasteiger partial charge in [0, 0.05) is 23.2 Å². The van der Waals surface area contributed by atoms with E-state index in [-0.39, 0.29) is 11.5 Å². The number of hydrogen-bond acceptors (Lipinski definition) is 7. The Bertz CT molecular complexity index is 1520. The minimum Gasteiger partial charge on any atom is -0.309 e. The van der Waals surface area contributed by atoms with Crippen LogP contribution in [0, 0.1) is 6.92 Å². The van der Waals surface area contributed by atoms with Crippen molar-refractivity contribution in [2.24, 2.45) is 0 Å². The number of carbonyl (C=O) groups is 1. The number of rotatable bonds is 8. The van der Waals surface area contributed by atoms with E-state index in [2.05, 4.69) is 20.4 Å². The standard InChI is InChI=1S/C23H19ClF3N5O3S2/c1-14-11-20(31-32(14)13-15-4-6-16(24)7-5-15)30-21(33)8-10-37(34,35)22-28-17(18-3-2-9-36-18)12-19(29-22)23(25,26)27/h2-7,9,11-12H,8,10,13H2,1H3,(H,30,31,33). The second-order valence-corrected chi connectivity index (χ2v) is 11.4. The third-order valence-electron chi connectivity index (χ3n) is 5.14. The van der Waals surface area contributed by atoms with Gasteiger partial charge in [0.1, 0.15) is 5.69 Å². The van der Waals surface area contributed by atoms with Crippen LogP contribution in [-0.4, -0.2) is 39.8 Å². The van der Waals surface area contributed by atoms with Crippen LogP contribution in [0.15, 0.2) is 59.1 Å². The molecule has 8 nitrogen and oxygen atoms in total. The number of aryl methyl sites for hydroxylation is 1. The Balaban J connectivity index is 1.45. The Hall–Kier alpha value is -3.29. The molecule has 4 rings (SSSR count). The van der Waals surface area contributed by atoms with E-state index in [1.165, 1.54) is 6.07 Å². The van der Waals surface area contributed by atoms with E-state index >= 15 is 0 Å². The van der Waals surface area contributed by atoms with Gasteiger partial charge in [0.15, 0.2) is 5.82 Å². The molecule has 0 aliphatic rings. The van der Waals surface area contributed by atoms with Crippen molar-refractivity contribution in [1.29, 1.82) is 0 Å². The van der Waals surface area contributed by atoms with Gasteiger partial charge in [-0.05, 0) is 42.1 Å². The normalized spacial score (nSPS) is 12.0. The summed E-state index contributed by atoms with van der Waals surface area (Å²) in [6.45, 7) is 2.21. The van der Waals surface area contributed by atoms with E-state index in [0.29, 0.717) is 22.5 Å². The van der Waals surface area contributed by atoms with Crippen LogP contribution in [0.4, 0.5) is 19.0 Å². The van der Waals surface area contributed by atoms with Gasteiger partial charge in [0.25, 0.3) is 0 Å². The van der Waals surface area contributed by atoms with Gasteiger partial charge in [-0.1, -0.05) is 29.8 Å². The zero-order chi connectivity index (χ0) is 26.8. The third-order valence-corrected chi connectivity index (χ3v) is 7.76. The van der Waals surface area contributed by atoms with Gasteiger partial charge in [-0.15, -0.1) is 11.3 Å². The van der Waals surface area contributed by atoms with Crippen molar-refractivity contribution in [3.05, 3.63) is 75.9 Å². The van der Waals surface area contributed by atoms with Crippen LogP contribution < -0.4 is 5.32 Å². The summed E-state index contributed by atoms with van der Waals surface area (Å²) in [4.78, 5) is 19.9. The minimum atomic E-state index is -4.88. The van der Waals surface area contributed by atoms with Gasteiger partial charge in [0.2, 0.25) is 20.9 Å². The fourth-order valence-electron chi connectivity index (χ4n) is 3.28.